The maximum absolute atomic E-state index is 13.0. The monoisotopic (exact) mass is 534 g/mol. The molecule has 1 aliphatic rings. The van der Waals surface area contributed by atoms with Crippen molar-refractivity contribution in [2.24, 2.45) is 0 Å². The summed E-state index contributed by atoms with van der Waals surface area (Å²) in [6, 6.07) is 17.3. The van der Waals surface area contributed by atoms with Crippen LogP contribution in [0.3, 0.4) is 0 Å². The van der Waals surface area contributed by atoms with E-state index >= 15 is 0 Å². The van der Waals surface area contributed by atoms with E-state index in [4.69, 9.17) is 11.6 Å². The predicted octanol–water partition coefficient (Wildman–Crippen LogP) is 3.60. The minimum atomic E-state index is -1.19. The zero-order valence-corrected chi connectivity index (χ0v) is 21.4. The molecule has 196 valence electrons. The molecular weight excluding hydrogens is 508 g/mol. The summed E-state index contributed by atoms with van der Waals surface area (Å²) >= 11 is 6.07. The third-order valence-corrected chi connectivity index (χ3v) is 6.61. The molecule has 1 aromatic heterocycles. The van der Waals surface area contributed by atoms with Gasteiger partial charge in [-0.1, -0.05) is 54.1 Å². The molecule has 4 rings (SSSR count). The molecule has 3 amide bonds. The van der Waals surface area contributed by atoms with E-state index < -0.39 is 29.9 Å². The van der Waals surface area contributed by atoms with E-state index in [1.165, 1.54) is 4.90 Å². The van der Waals surface area contributed by atoms with E-state index in [-0.39, 0.29) is 36.0 Å². The third-order valence-electron chi connectivity index (χ3n) is 6.33. The highest BCUT2D eigenvalue weighted by atomic mass is 35.5. The molecule has 9 nitrogen and oxygen atoms in total. The number of aliphatic carboxylic acids is 1. The second-order valence-corrected chi connectivity index (χ2v) is 9.47. The first-order chi connectivity index (χ1) is 18.2. The number of likely N-dealkylation sites (tertiary alicyclic amines) is 1. The van der Waals surface area contributed by atoms with Crippen LogP contribution in [0, 0.1) is 6.92 Å². The Morgan fingerprint density at radius 3 is 2.42 bits per heavy atom. The van der Waals surface area contributed by atoms with Crippen LogP contribution in [0.15, 0.2) is 66.7 Å². The second-order valence-electron chi connectivity index (χ2n) is 9.11. The normalized spacial score (nSPS) is 15.7. The quantitative estimate of drug-likeness (QED) is 0.360. The standard InChI is InChI=1S/C28H27ClN4O5/c1-17-7-12-21(25(29)30-17)26(35)31-20-10-8-18(9-11-20)15-22(28(37)38)32-27(36)23-13-14-24(34)33(23)16-19-5-3-2-4-6-19/h2-12,22-23H,13-16H2,1H3,(H,31,35)(H,32,36)(H,37,38)/t22-,23?/m0/s1. The lowest BCUT2D eigenvalue weighted by Crippen LogP contribution is -2.50. The smallest absolute Gasteiger partial charge is 0.326 e. The molecule has 1 unspecified atom stereocenters. The lowest BCUT2D eigenvalue weighted by molar-refractivity contribution is -0.143. The number of nitrogens with zero attached hydrogens (tertiary/aromatic N) is 2. The molecule has 0 aliphatic carbocycles. The summed E-state index contributed by atoms with van der Waals surface area (Å²) in [5.41, 5.74) is 2.96. The van der Waals surface area contributed by atoms with Crippen LogP contribution in [0.5, 0.6) is 0 Å². The number of aryl methyl sites for hydroxylation is 1. The van der Waals surface area contributed by atoms with Gasteiger partial charge in [0.15, 0.2) is 0 Å². The Bertz CT molecular complexity index is 1350. The fraction of sp³-hybridized carbons (Fsp3) is 0.250. The zero-order chi connectivity index (χ0) is 27.2. The van der Waals surface area contributed by atoms with Crippen molar-refractivity contribution in [3.63, 3.8) is 0 Å². The van der Waals surface area contributed by atoms with Gasteiger partial charge >= 0.3 is 5.97 Å². The number of nitrogens with one attached hydrogen (secondary N) is 2. The molecule has 0 radical (unpaired) electrons. The largest absolute Gasteiger partial charge is 0.480 e. The number of hydrogen-bond donors (Lipinski definition) is 3. The summed E-state index contributed by atoms with van der Waals surface area (Å²) < 4.78 is 0. The van der Waals surface area contributed by atoms with Crippen LogP contribution in [-0.2, 0) is 27.3 Å². The highest BCUT2D eigenvalue weighted by Gasteiger charge is 2.37. The van der Waals surface area contributed by atoms with E-state index in [1.54, 1.807) is 43.3 Å². The van der Waals surface area contributed by atoms with Crippen molar-refractivity contribution in [2.75, 3.05) is 5.32 Å². The number of anilines is 1. The number of rotatable bonds is 9. The van der Waals surface area contributed by atoms with Gasteiger partial charge in [-0.05, 0) is 48.7 Å². The lowest BCUT2D eigenvalue weighted by atomic mass is 10.0. The summed E-state index contributed by atoms with van der Waals surface area (Å²) in [5, 5.41) is 15.2. The number of pyridine rings is 1. The van der Waals surface area contributed by atoms with Crippen molar-refractivity contribution >= 4 is 41.0 Å². The summed E-state index contributed by atoms with van der Waals surface area (Å²) in [6.07, 6.45) is 0.598. The molecule has 2 atom stereocenters. The van der Waals surface area contributed by atoms with Crippen LogP contribution in [0.2, 0.25) is 5.15 Å². The van der Waals surface area contributed by atoms with Gasteiger partial charge in [0.1, 0.15) is 17.2 Å². The Balaban J connectivity index is 1.38. The average Bonchev–Trinajstić information content (AvgIpc) is 3.25. The fourth-order valence-electron chi connectivity index (χ4n) is 4.31. The van der Waals surface area contributed by atoms with Crippen LogP contribution in [-0.4, -0.2) is 50.8 Å². The van der Waals surface area contributed by atoms with E-state index in [9.17, 15) is 24.3 Å². The maximum atomic E-state index is 13.0. The van der Waals surface area contributed by atoms with Crippen LogP contribution in [0.25, 0.3) is 0 Å². The molecule has 3 aromatic rings. The number of hydrogen-bond acceptors (Lipinski definition) is 5. The molecule has 0 spiro atoms. The first-order valence-electron chi connectivity index (χ1n) is 12.1. The predicted molar refractivity (Wildman–Crippen MR) is 142 cm³/mol. The SMILES string of the molecule is Cc1ccc(C(=O)Nc2ccc(C[C@H](NC(=O)C3CCC(=O)N3Cc3ccccc3)C(=O)O)cc2)c(Cl)n1. The van der Waals surface area contributed by atoms with Gasteiger partial charge in [0.25, 0.3) is 5.91 Å². The van der Waals surface area contributed by atoms with E-state index in [2.05, 4.69) is 15.6 Å². The Kier molecular flexibility index (Phi) is 8.38. The minimum Gasteiger partial charge on any atom is -0.480 e. The van der Waals surface area contributed by atoms with E-state index in [1.807, 2.05) is 30.3 Å². The van der Waals surface area contributed by atoms with Crippen molar-refractivity contribution in [1.82, 2.24) is 15.2 Å². The number of amides is 3. The molecule has 10 heteroatoms. The minimum absolute atomic E-state index is 0.0301. The van der Waals surface area contributed by atoms with E-state index in [0.29, 0.717) is 23.4 Å². The molecule has 2 aromatic carbocycles. The first-order valence-corrected chi connectivity index (χ1v) is 12.5. The lowest BCUT2D eigenvalue weighted by Gasteiger charge is -2.26. The number of carboxylic acids is 1. The molecule has 0 saturated carbocycles. The summed E-state index contributed by atoms with van der Waals surface area (Å²) in [5.74, 6) is -2.24. The molecule has 1 fully saturated rings. The van der Waals surface area contributed by atoms with Crippen LogP contribution in [0.1, 0.15) is 40.0 Å². The van der Waals surface area contributed by atoms with Crippen molar-refractivity contribution in [1.29, 1.82) is 0 Å². The Morgan fingerprint density at radius 1 is 1.05 bits per heavy atom. The van der Waals surface area contributed by atoms with Gasteiger partial charge in [-0.15, -0.1) is 0 Å². The number of benzene rings is 2. The Hall–Kier alpha value is -4.24. The molecule has 38 heavy (non-hydrogen) atoms. The van der Waals surface area contributed by atoms with Crippen molar-refractivity contribution in [2.45, 2.75) is 44.8 Å². The Morgan fingerprint density at radius 2 is 1.76 bits per heavy atom. The first kappa shape index (κ1) is 26.8. The summed E-state index contributed by atoms with van der Waals surface area (Å²) in [4.78, 5) is 55.5. The summed E-state index contributed by atoms with van der Waals surface area (Å²) in [7, 11) is 0. The molecule has 2 heterocycles. The molecule has 3 N–H and O–H groups in total. The van der Waals surface area contributed by atoms with Crippen molar-refractivity contribution in [3.05, 3.63) is 94.3 Å². The van der Waals surface area contributed by atoms with Crippen molar-refractivity contribution in [3.8, 4) is 0 Å². The van der Waals surface area contributed by atoms with Gasteiger partial charge in [0.2, 0.25) is 11.8 Å². The molecule has 1 aliphatic heterocycles. The number of carbonyl (C=O) groups is 4. The van der Waals surface area contributed by atoms with Gasteiger partial charge in [-0.3, -0.25) is 14.4 Å². The van der Waals surface area contributed by atoms with Gasteiger partial charge in [-0.2, -0.15) is 0 Å². The number of halogens is 1. The van der Waals surface area contributed by atoms with Crippen LogP contribution in [0.4, 0.5) is 5.69 Å². The zero-order valence-electron chi connectivity index (χ0n) is 20.7. The molecular formula is C28H27ClN4O5. The maximum Gasteiger partial charge on any atom is 0.326 e. The Labute approximate surface area is 224 Å². The number of carbonyl (C=O) groups excluding carboxylic acids is 3. The van der Waals surface area contributed by atoms with Crippen LogP contribution < -0.4 is 10.6 Å². The fourth-order valence-corrected chi connectivity index (χ4v) is 4.59. The third kappa shape index (κ3) is 6.54. The van der Waals surface area contributed by atoms with E-state index in [0.717, 1.165) is 5.56 Å². The summed E-state index contributed by atoms with van der Waals surface area (Å²) in [6.45, 7) is 2.06. The average molecular weight is 535 g/mol. The van der Waals surface area contributed by atoms with Crippen molar-refractivity contribution < 1.29 is 24.3 Å². The van der Waals surface area contributed by atoms with Gasteiger partial charge < -0.3 is 20.6 Å². The van der Waals surface area contributed by atoms with Gasteiger partial charge in [0, 0.05) is 30.8 Å². The number of aromatic nitrogens is 1. The van der Waals surface area contributed by atoms with Crippen LogP contribution >= 0.6 is 11.6 Å². The molecule has 0 bridgehead atoms. The number of carboxylic acid groups (broad SMARTS) is 1. The van der Waals surface area contributed by atoms with Gasteiger partial charge in [-0.25, -0.2) is 9.78 Å². The highest BCUT2D eigenvalue weighted by molar-refractivity contribution is 6.33. The highest BCUT2D eigenvalue weighted by Crippen LogP contribution is 2.22. The molecule has 1 saturated heterocycles. The topological polar surface area (TPSA) is 129 Å². The van der Waals surface area contributed by atoms with Gasteiger partial charge in [0.05, 0.1) is 5.56 Å². The second kappa shape index (κ2) is 11.9.